The second kappa shape index (κ2) is 4.22. The Kier molecular flexibility index (Phi) is 2.75. The maximum Gasteiger partial charge on any atom is 0.339 e. The van der Waals surface area contributed by atoms with Gasteiger partial charge in [-0.15, -0.1) is 0 Å². The van der Waals surface area contributed by atoms with Gasteiger partial charge in [-0.05, 0) is 6.07 Å². The lowest BCUT2D eigenvalue weighted by atomic mass is 10.2. The molecule has 0 saturated carbocycles. The van der Waals surface area contributed by atoms with Crippen molar-refractivity contribution in [1.82, 2.24) is 9.97 Å². The molecule has 8 nitrogen and oxygen atoms in total. The zero-order valence-corrected chi connectivity index (χ0v) is 8.96. The lowest BCUT2D eigenvalue weighted by molar-refractivity contribution is -0.382. The summed E-state index contributed by atoms with van der Waals surface area (Å²) in [7, 11) is 0. The summed E-state index contributed by atoms with van der Waals surface area (Å²) in [5, 5.41) is 20.8. The molecule has 0 aliphatic rings. The first kappa shape index (κ1) is 11.1. The van der Waals surface area contributed by atoms with Gasteiger partial charge in [-0.25, -0.2) is 9.97 Å². The SMILES string of the molecule is O=[N+]([O-])c1cc(-c2ccncn2)c([N+](=O)[O-])s1. The molecule has 0 aromatic carbocycles. The fourth-order valence-corrected chi connectivity index (χ4v) is 2.03. The van der Waals surface area contributed by atoms with E-state index in [0.29, 0.717) is 11.3 Å². The van der Waals surface area contributed by atoms with Crippen LogP contribution in [0.5, 0.6) is 0 Å². The third kappa shape index (κ3) is 2.08. The van der Waals surface area contributed by atoms with Crippen LogP contribution in [0.2, 0.25) is 0 Å². The van der Waals surface area contributed by atoms with Crippen molar-refractivity contribution < 1.29 is 9.85 Å². The van der Waals surface area contributed by atoms with Crippen molar-refractivity contribution in [3.63, 3.8) is 0 Å². The van der Waals surface area contributed by atoms with E-state index in [2.05, 4.69) is 9.97 Å². The van der Waals surface area contributed by atoms with Gasteiger partial charge >= 0.3 is 10.0 Å². The Morgan fingerprint density at radius 2 is 2.00 bits per heavy atom. The summed E-state index contributed by atoms with van der Waals surface area (Å²) < 4.78 is 0. The first-order valence-corrected chi connectivity index (χ1v) is 5.10. The van der Waals surface area contributed by atoms with Gasteiger partial charge in [-0.3, -0.25) is 20.2 Å². The van der Waals surface area contributed by atoms with Crippen molar-refractivity contribution in [1.29, 1.82) is 0 Å². The number of thiophene rings is 1. The average molecular weight is 252 g/mol. The largest absolute Gasteiger partial charge is 0.339 e. The van der Waals surface area contributed by atoms with Crippen molar-refractivity contribution in [2.24, 2.45) is 0 Å². The van der Waals surface area contributed by atoms with Crippen LogP contribution in [-0.2, 0) is 0 Å². The smallest absolute Gasteiger partial charge is 0.258 e. The van der Waals surface area contributed by atoms with E-state index in [4.69, 9.17) is 0 Å². The molecule has 0 fully saturated rings. The molecule has 9 heteroatoms. The number of nitro groups is 2. The number of rotatable bonds is 3. The zero-order valence-electron chi connectivity index (χ0n) is 8.14. The Bertz CT molecular complexity index is 582. The number of nitrogens with zero attached hydrogens (tertiary/aromatic N) is 4. The molecular formula is C8H4N4O4S. The fraction of sp³-hybridized carbons (Fsp3) is 0. The van der Waals surface area contributed by atoms with Crippen LogP contribution in [0.25, 0.3) is 11.3 Å². The summed E-state index contributed by atoms with van der Waals surface area (Å²) in [6, 6.07) is 2.60. The predicted molar refractivity (Wildman–Crippen MR) is 58.7 cm³/mol. The number of aromatic nitrogens is 2. The molecule has 0 atom stereocenters. The van der Waals surface area contributed by atoms with Crippen LogP contribution < -0.4 is 0 Å². The molecule has 2 rings (SSSR count). The van der Waals surface area contributed by atoms with E-state index in [1.54, 1.807) is 0 Å². The summed E-state index contributed by atoms with van der Waals surface area (Å²) in [5.74, 6) is 0. The van der Waals surface area contributed by atoms with Crippen molar-refractivity contribution in [3.8, 4) is 11.3 Å². The highest BCUT2D eigenvalue weighted by molar-refractivity contribution is 7.19. The van der Waals surface area contributed by atoms with Crippen LogP contribution in [0.4, 0.5) is 10.0 Å². The first-order valence-electron chi connectivity index (χ1n) is 4.28. The molecule has 0 radical (unpaired) electrons. The zero-order chi connectivity index (χ0) is 12.4. The lowest BCUT2D eigenvalue weighted by Gasteiger charge is -1.93. The van der Waals surface area contributed by atoms with Crippen LogP contribution in [0, 0.1) is 20.2 Å². The maximum absolute atomic E-state index is 10.8. The van der Waals surface area contributed by atoms with Gasteiger partial charge in [0.2, 0.25) is 0 Å². The standard InChI is InChI=1S/C8H4N4O4S/c13-11(14)7-3-5(8(17-7)12(15)16)6-1-2-9-4-10-6/h1-4H. The summed E-state index contributed by atoms with van der Waals surface area (Å²) >= 11 is 0.512. The van der Waals surface area contributed by atoms with Crippen molar-refractivity contribution in [3.05, 3.63) is 44.9 Å². The first-order chi connectivity index (χ1) is 8.09. The maximum atomic E-state index is 10.8. The summed E-state index contributed by atoms with van der Waals surface area (Å²) in [5.41, 5.74) is 0.421. The molecule has 2 aromatic rings. The molecule has 0 amide bonds. The molecule has 0 unspecified atom stereocenters. The minimum absolute atomic E-state index is 0.133. The van der Waals surface area contributed by atoms with Gasteiger partial charge < -0.3 is 0 Å². The minimum atomic E-state index is -0.664. The Labute approximate surface area is 97.9 Å². The quantitative estimate of drug-likeness (QED) is 0.610. The Morgan fingerprint density at radius 3 is 2.53 bits per heavy atom. The van der Waals surface area contributed by atoms with Gasteiger partial charge in [0.05, 0.1) is 21.1 Å². The Balaban J connectivity index is 2.60. The molecular weight excluding hydrogens is 248 g/mol. The van der Waals surface area contributed by atoms with E-state index >= 15 is 0 Å². The molecule has 17 heavy (non-hydrogen) atoms. The van der Waals surface area contributed by atoms with Crippen molar-refractivity contribution in [2.75, 3.05) is 0 Å². The van der Waals surface area contributed by atoms with E-state index < -0.39 is 9.85 Å². The van der Waals surface area contributed by atoms with Gasteiger partial charge in [0.1, 0.15) is 6.33 Å². The molecule has 0 aliphatic heterocycles. The van der Waals surface area contributed by atoms with Gasteiger partial charge in [0.15, 0.2) is 0 Å². The van der Waals surface area contributed by atoms with Crippen LogP contribution in [0.1, 0.15) is 0 Å². The monoisotopic (exact) mass is 252 g/mol. The average Bonchev–Trinajstić information content (AvgIpc) is 2.75. The lowest BCUT2D eigenvalue weighted by Crippen LogP contribution is -1.88. The van der Waals surface area contributed by atoms with Gasteiger partial charge in [0, 0.05) is 23.6 Å². The minimum Gasteiger partial charge on any atom is -0.258 e. The van der Waals surface area contributed by atoms with E-state index in [-0.39, 0.29) is 21.3 Å². The van der Waals surface area contributed by atoms with Crippen molar-refractivity contribution >= 4 is 21.3 Å². The molecule has 86 valence electrons. The predicted octanol–water partition coefficient (Wildman–Crippen LogP) is 2.02. The Morgan fingerprint density at radius 1 is 1.24 bits per heavy atom. The van der Waals surface area contributed by atoms with Crippen LogP contribution in [-0.4, -0.2) is 19.8 Å². The van der Waals surface area contributed by atoms with E-state index in [1.165, 1.54) is 18.6 Å². The molecule has 0 bridgehead atoms. The molecule has 2 heterocycles. The van der Waals surface area contributed by atoms with Crippen LogP contribution >= 0.6 is 11.3 Å². The molecule has 0 aliphatic carbocycles. The normalized spacial score (nSPS) is 10.1. The topological polar surface area (TPSA) is 112 Å². The van der Waals surface area contributed by atoms with Crippen molar-refractivity contribution in [2.45, 2.75) is 0 Å². The summed E-state index contributed by atoms with van der Waals surface area (Å²) in [6.07, 6.45) is 2.64. The Hall–Kier alpha value is -2.42. The molecule has 0 N–H and O–H groups in total. The third-order valence-corrected chi connectivity index (χ3v) is 2.94. The second-order valence-corrected chi connectivity index (χ2v) is 3.92. The van der Waals surface area contributed by atoms with Gasteiger partial charge in [-0.1, -0.05) is 0 Å². The van der Waals surface area contributed by atoms with Gasteiger partial charge in [-0.2, -0.15) is 0 Å². The third-order valence-electron chi connectivity index (χ3n) is 1.90. The second-order valence-electron chi connectivity index (χ2n) is 2.91. The number of hydrogen-bond acceptors (Lipinski definition) is 7. The van der Waals surface area contributed by atoms with E-state index in [9.17, 15) is 20.2 Å². The van der Waals surface area contributed by atoms with Crippen LogP contribution in [0.15, 0.2) is 24.7 Å². The molecule has 0 spiro atoms. The highest BCUT2D eigenvalue weighted by atomic mass is 32.1. The summed E-state index contributed by atoms with van der Waals surface area (Å²) in [6.45, 7) is 0. The van der Waals surface area contributed by atoms with Crippen LogP contribution in [0.3, 0.4) is 0 Å². The summed E-state index contributed by atoms with van der Waals surface area (Å²) in [4.78, 5) is 27.5. The van der Waals surface area contributed by atoms with E-state index in [1.807, 2.05) is 0 Å². The van der Waals surface area contributed by atoms with E-state index in [0.717, 1.165) is 6.07 Å². The highest BCUT2D eigenvalue weighted by Gasteiger charge is 2.26. The van der Waals surface area contributed by atoms with Gasteiger partial charge in [0.25, 0.3) is 0 Å². The number of hydrogen-bond donors (Lipinski definition) is 0. The molecule has 0 saturated heterocycles. The fourth-order valence-electron chi connectivity index (χ4n) is 1.23. The molecule has 2 aromatic heterocycles. The highest BCUT2D eigenvalue weighted by Crippen LogP contribution is 2.40.